The van der Waals surface area contributed by atoms with Crippen molar-refractivity contribution in [1.29, 1.82) is 0 Å². The van der Waals surface area contributed by atoms with Gasteiger partial charge in [0.1, 0.15) is 5.82 Å². The highest BCUT2D eigenvalue weighted by atomic mass is 19.1. The van der Waals surface area contributed by atoms with Crippen LogP contribution in [-0.4, -0.2) is 47.4 Å². The van der Waals surface area contributed by atoms with E-state index in [4.69, 9.17) is 19.7 Å². The van der Waals surface area contributed by atoms with Gasteiger partial charge in [-0.3, -0.25) is 4.98 Å². The molecule has 7 nitrogen and oxygen atoms in total. The molecule has 0 spiro atoms. The van der Waals surface area contributed by atoms with Gasteiger partial charge in [-0.15, -0.1) is 0 Å². The minimum atomic E-state index is -1.44. The van der Waals surface area contributed by atoms with Crippen molar-refractivity contribution in [3.8, 4) is 0 Å². The molecule has 0 unspecified atom stereocenters. The molecule has 1 heterocycles. The third-order valence-corrected chi connectivity index (χ3v) is 5.20. The van der Waals surface area contributed by atoms with Gasteiger partial charge in [-0.05, 0) is 73.9 Å². The van der Waals surface area contributed by atoms with E-state index in [1.807, 2.05) is 0 Å². The highest BCUT2D eigenvalue weighted by Crippen LogP contribution is 2.30. The maximum absolute atomic E-state index is 13.3. The number of aromatic nitrogens is 1. The van der Waals surface area contributed by atoms with Gasteiger partial charge < -0.3 is 19.7 Å². The van der Waals surface area contributed by atoms with E-state index in [0.29, 0.717) is 30.5 Å². The zero-order chi connectivity index (χ0) is 21.3. The van der Waals surface area contributed by atoms with Crippen molar-refractivity contribution in [2.24, 2.45) is 11.8 Å². The van der Waals surface area contributed by atoms with Crippen LogP contribution in [0.5, 0.6) is 0 Å². The number of carbonyl (C=O) groups excluding carboxylic acids is 1. The van der Waals surface area contributed by atoms with Gasteiger partial charge >= 0.3 is 6.09 Å². The maximum atomic E-state index is 13.3. The Hall–Kier alpha value is -2.55. The molecular formula is C22H27FN2O5. The lowest BCUT2D eigenvalue weighted by Crippen LogP contribution is -2.30. The first-order chi connectivity index (χ1) is 14.5. The van der Waals surface area contributed by atoms with Gasteiger partial charge in [0.2, 0.25) is 0 Å². The van der Waals surface area contributed by atoms with Crippen LogP contribution in [0.3, 0.4) is 0 Å². The number of benzene rings is 1. The molecule has 1 saturated carbocycles. The first-order valence-corrected chi connectivity index (χ1v) is 10.1. The number of nitrogens with zero attached hydrogens (tertiary/aromatic N) is 2. The molecule has 0 radical (unpaired) electrons. The lowest BCUT2D eigenvalue weighted by Gasteiger charge is -2.29. The van der Waals surface area contributed by atoms with Crippen molar-refractivity contribution in [3.05, 3.63) is 54.6 Å². The van der Waals surface area contributed by atoms with Crippen LogP contribution in [0, 0.1) is 17.7 Å². The Kier molecular flexibility index (Phi) is 8.12. The molecule has 1 aliphatic carbocycles. The van der Waals surface area contributed by atoms with Crippen molar-refractivity contribution >= 4 is 17.5 Å². The summed E-state index contributed by atoms with van der Waals surface area (Å²) >= 11 is 0. The second-order valence-corrected chi connectivity index (χ2v) is 7.50. The van der Waals surface area contributed by atoms with Crippen LogP contribution in [0.1, 0.15) is 25.7 Å². The summed E-state index contributed by atoms with van der Waals surface area (Å²) in [6, 6.07) is 9.11. The van der Waals surface area contributed by atoms with Gasteiger partial charge in [0.15, 0.2) is 6.29 Å². The molecule has 3 rings (SSSR count). The van der Waals surface area contributed by atoms with E-state index in [0.717, 1.165) is 25.7 Å². The van der Waals surface area contributed by atoms with E-state index in [1.54, 1.807) is 24.5 Å². The largest absolute Gasteiger partial charge is 0.449 e. The number of pyridine rings is 1. The van der Waals surface area contributed by atoms with Gasteiger partial charge in [0.05, 0.1) is 30.8 Å². The molecule has 1 aromatic heterocycles. The zero-order valence-corrected chi connectivity index (χ0v) is 16.7. The molecule has 1 aromatic carbocycles. The van der Waals surface area contributed by atoms with Crippen molar-refractivity contribution in [3.63, 3.8) is 0 Å². The predicted octanol–water partition coefficient (Wildman–Crippen LogP) is 3.63. The fourth-order valence-corrected chi connectivity index (χ4v) is 3.59. The first-order valence-electron chi connectivity index (χ1n) is 10.1. The smallest absolute Gasteiger partial charge is 0.419 e. The topological polar surface area (TPSA) is 92.1 Å². The zero-order valence-electron chi connectivity index (χ0n) is 16.7. The van der Waals surface area contributed by atoms with E-state index >= 15 is 0 Å². The predicted molar refractivity (Wildman–Crippen MR) is 109 cm³/mol. The SMILES string of the molecule is O=C(OC[C@H]1CC[C@H](COCC(O)O)CC1)N(c1ccc(F)cc1)c1cccnc1. The van der Waals surface area contributed by atoms with Gasteiger partial charge in [-0.25, -0.2) is 14.1 Å². The lowest BCUT2D eigenvalue weighted by molar-refractivity contribution is -0.101. The third-order valence-electron chi connectivity index (χ3n) is 5.20. The fourth-order valence-electron chi connectivity index (χ4n) is 3.59. The van der Waals surface area contributed by atoms with Crippen molar-refractivity contribution in [2.45, 2.75) is 32.0 Å². The number of aliphatic hydroxyl groups is 2. The minimum Gasteiger partial charge on any atom is -0.449 e. The summed E-state index contributed by atoms with van der Waals surface area (Å²) in [6.45, 7) is 0.730. The summed E-state index contributed by atoms with van der Waals surface area (Å²) in [6.07, 6.45) is 4.89. The number of rotatable bonds is 8. The molecule has 0 aliphatic heterocycles. The second kappa shape index (κ2) is 11.0. The van der Waals surface area contributed by atoms with E-state index in [1.165, 1.54) is 29.2 Å². The van der Waals surface area contributed by atoms with Gasteiger partial charge in [-0.2, -0.15) is 0 Å². The Bertz CT molecular complexity index is 780. The van der Waals surface area contributed by atoms with Crippen LogP contribution in [0.25, 0.3) is 0 Å². The molecule has 2 aromatic rings. The fraction of sp³-hybridized carbons (Fsp3) is 0.455. The summed E-state index contributed by atoms with van der Waals surface area (Å²) in [7, 11) is 0. The molecule has 2 N–H and O–H groups in total. The number of anilines is 2. The average molecular weight is 418 g/mol. The number of aliphatic hydroxyl groups excluding tert-OH is 1. The van der Waals surface area contributed by atoms with Crippen LogP contribution in [0.2, 0.25) is 0 Å². The Labute approximate surface area is 175 Å². The molecule has 1 amide bonds. The molecule has 8 heteroatoms. The Balaban J connectivity index is 1.54. The highest BCUT2D eigenvalue weighted by molar-refractivity contribution is 5.95. The summed E-state index contributed by atoms with van der Waals surface area (Å²) in [5.41, 5.74) is 1.04. The van der Waals surface area contributed by atoms with Crippen LogP contribution in [-0.2, 0) is 9.47 Å². The minimum absolute atomic E-state index is 0.0783. The maximum Gasteiger partial charge on any atom is 0.419 e. The first kappa shape index (κ1) is 22.1. The normalized spacial score (nSPS) is 18.9. The van der Waals surface area contributed by atoms with Crippen LogP contribution < -0.4 is 4.90 Å². The Morgan fingerprint density at radius 1 is 1.07 bits per heavy atom. The molecule has 1 aliphatic rings. The van der Waals surface area contributed by atoms with E-state index < -0.39 is 12.4 Å². The van der Waals surface area contributed by atoms with Gasteiger partial charge in [-0.1, -0.05) is 0 Å². The van der Waals surface area contributed by atoms with Crippen LogP contribution in [0.4, 0.5) is 20.6 Å². The van der Waals surface area contributed by atoms with Gasteiger partial charge in [0.25, 0.3) is 0 Å². The quantitative estimate of drug-likeness (QED) is 0.636. The molecule has 0 bridgehead atoms. The van der Waals surface area contributed by atoms with E-state index in [-0.39, 0.29) is 18.3 Å². The summed E-state index contributed by atoms with van der Waals surface area (Å²) in [4.78, 5) is 18.3. The second-order valence-electron chi connectivity index (χ2n) is 7.50. The number of ether oxygens (including phenoxy) is 2. The summed E-state index contributed by atoms with van der Waals surface area (Å²) in [5.74, 6) is 0.256. The molecule has 0 saturated heterocycles. The molecule has 1 fully saturated rings. The standard InChI is InChI=1S/C22H27FN2O5/c23-18-7-9-19(10-8-18)25(20-2-1-11-24-12-20)22(28)30-14-17-5-3-16(4-6-17)13-29-15-21(26)27/h1-2,7-12,16-17,21,26-27H,3-6,13-15H2/t16-,17-. The lowest BCUT2D eigenvalue weighted by atomic mass is 9.83. The average Bonchev–Trinajstić information content (AvgIpc) is 2.75. The van der Waals surface area contributed by atoms with E-state index in [9.17, 15) is 9.18 Å². The molecule has 30 heavy (non-hydrogen) atoms. The molecule has 162 valence electrons. The van der Waals surface area contributed by atoms with Crippen molar-refractivity contribution in [1.82, 2.24) is 4.98 Å². The summed E-state index contributed by atoms with van der Waals surface area (Å²) in [5, 5.41) is 17.6. The van der Waals surface area contributed by atoms with E-state index in [2.05, 4.69) is 4.98 Å². The number of hydrogen-bond acceptors (Lipinski definition) is 6. The Morgan fingerprint density at radius 3 is 2.33 bits per heavy atom. The number of halogens is 1. The molecular weight excluding hydrogens is 391 g/mol. The number of carbonyl (C=O) groups is 1. The monoisotopic (exact) mass is 418 g/mol. The Morgan fingerprint density at radius 2 is 1.73 bits per heavy atom. The number of hydrogen-bond donors (Lipinski definition) is 2. The van der Waals surface area contributed by atoms with Crippen LogP contribution >= 0.6 is 0 Å². The van der Waals surface area contributed by atoms with Gasteiger partial charge in [0, 0.05) is 12.8 Å². The van der Waals surface area contributed by atoms with Crippen LogP contribution in [0.15, 0.2) is 48.8 Å². The summed E-state index contributed by atoms with van der Waals surface area (Å²) < 4.78 is 24.2. The number of amides is 1. The molecule has 0 atom stereocenters. The third kappa shape index (κ3) is 6.48. The van der Waals surface area contributed by atoms with Crippen molar-refractivity contribution in [2.75, 3.05) is 24.7 Å². The highest BCUT2D eigenvalue weighted by Gasteiger charge is 2.25. The van der Waals surface area contributed by atoms with Crippen molar-refractivity contribution < 1.29 is 28.9 Å².